The molecule has 7 heteroatoms. The van der Waals surface area contributed by atoms with Crippen LogP contribution in [0.25, 0.3) is 0 Å². The summed E-state index contributed by atoms with van der Waals surface area (Å²) >= 11 is 0. The van der Waals surface area contributed by atoms with Gasteiger partial charge in [-0.2, -0.15) is 0 Å². The Labute approximate surface area is 165 Å². The average molecular weight is 379 g/mol. The van der Waals surface area contributed by atoms with Gasteiger partial charge in [-0.1, -0.05) is 30.3 Å². The molecule has 2 aromatic carbocycles. The number of nitrogens with one attached hydrogen (secondary N) is 2. The smallest absolute Gasteiger partial charge is 0.195 e. The molecular weight excluding hydrogens is 354 g/mol. The molecule has 0 spiro atoms. The van der Waals surface area contributed by atoms with Gasteiger partial charge in [-0.25, -0.2) is 4.98 Å². The maximum Gasteiger partial charge on any atom is 0.195 e. The molecule has 146 valence electrons. The van der Waals surface area contributed by atoms with Gasteiger partial charge in [0.05, 0.1) is 20.8 Å². The van der Waals surface area contributed by atoms with Crippen molar-refractivity contribution in [1.82, 2.24) is 14.9 Å². The highest BCUT2D eigenvalue weighted by Crippen LogP contribution is 2.29. The topological polar surface area (TPSA) is 72.7 Å². The van der Waals surface area contributed by atoms with Gasteiger partial charge in [-0.05, 0) is 17.7 Å². The quantitative estimate of drug-likeness (QED) is 0.487. The normalized spacial score (nSPS) is 11.2. The van der Waals surface area contributed by atoms with Crippen LogP contribution >= 0.6 is 0 Å². The highest BCUT2D eigenvalue weighted by atomic mass is 16.5. The molecule has 0 unspecified atom stereocenters. The zero-order chi connectivity index (χ0) is 19.8. The van der Waals surface area contributed by atoms with Gasteiger partial charge in [0, 0.05) is 37.7 Å². The number of benzene rings is 2. The molecule has 1 heterocycles. The van der Waals surface area contributed by atoms with Crippen LogP contribution in [0, 0.1) is 0 Å². The average Bonchev–Trinajstić information content (AvgIpc) is 3.18. The number of aromatic nitrogens is 2. The van der Waals surface area contributed by atoms with E-state index in [0.717, 1.165) is 18.1 Å². The first kappa shape index (κ1) is 19.3. The first-order valence-electron chi connectivity index (χ1n) is 8.97. The first-order chi connectivity index (χ1) is 13.7. The molecule has 0 aliphatic carbocycles. The number of nitrogens with zero attached hydrogens (tertiary/aromatic N) is 3. The predicted octanol–water partition coefficient (Wildman–Crippen LogP) is 3.14. The van der Waals surface area contributed by atoms with Crippen LogP contribution in [0.2, 0.25) is 0 Å². The van der Waals surface area contributed by atoms with E-state index >= 15 is 0 Å². The summed E-state index contributed by atoms with van der Waals surface area (Å²) in [5.74, 6) is 2.90. The molecule has 0 aliphatic heterocycles. The molecule has 3 rings (SSSR count). The zero-order valence-electron chi connectivity index (χ0n) is 16.3. The molecule has 0 bridgehead atoms. The van der Waals surface area contributed by atoms with Gasteiger partial charge in [0.1, 0.15) is 5.82 Å². The van der Waals surface area contributed by atoms with Gasteiger partial charge in [0.15, 0.2) is 17.5 Å². The maximum absolute atomic E-state index is 5.34. The highest BCUT2D eigenvalue weighted by molar-refractivity contribution is 5.93. The number of imidazole rings is 1. The first-order valence-corrected chi connectivity index (χ1v) is 8.97. The molecule has 7 nitrogen and oxygen atoms in total. The molecule has 0 atom stereocenters. The van der Waals surface area contributed by atoms with E-state index in [0.29, 0.717) is 24.0 Å². The van der Waals surface area contributed by atoms with Crippen molar-refractivity contribution in [2.24, 2.45) is 4.99 Å². The molecule has 28 heavy (non-hydrogen) atoms. The van der Waals surface area contributed by atoms with E-state index in [2.05, 4.69) is 37.3 Å². The summed E-state index contributed by atoms with van der Waals surface area (Å²) in [7, 11) is 4.96. The second-order valence-electron chi connectivity index (χ2n) is 6.08. The van der Waals surface area contributed by atoms with Crippen LogP contribution in [0.1, 0.15) is 11.4 Å². The third-order valence-corrected chi connectivity index (χ3v) is 4.28. The zero-order valence-corrected chi connectivity index (χ0v) is 16.3. The van der Waals surface area contributed by atoms with Crippen LogP contribution in [0.15, 0.2) is 65.9 Å². The van der Waals surface area contributed by atoms with Crippen molar-refractivity contribution in [3.8, 4) is 11.5 Å². The van der Waals surface area contributed by atoms with Crippen LogP contribution in [0.4, 0.5) is 5.69 Å². The second kappa shape index (κ2) is 9.45. The van der Waals surface area contributed by atoms with Crippen molar-refractivity contribution in [2.45, 2.75) is 13.1 Å². The second-order valence-corrected chi connectivity index (χ2v) is 6.08. The highest BCUT2D eigenvalue weighted by Gasteiger charge is 2.08. The standard InChI is InChI=1S/C21H25N5O2/c1-22-21(25-17-9-10-18(27-2)19(13-17)28-3)24-14-20-23-11-12-26(20)15-16-7-5-4-6-8-16/h4-13H,14-15H2,1-3H3,(H2,22,24,25). The van der Waals surface area contributed by atoms with Gasteiger partial charge >= 0.3 is 0 Å². The minimum Gasteiger partial charge on any atom is -0.493 e. The van der Waals surface area contributed by atoms with E-state index in [1.165, 1.54) is 5.56 Å². The van der Waals surface area contributed by atoms with Gasteiger partial charge in [-0.15, -0.1) is 0 Å². The Morgan fingerprint density at radius 1 is 1.07 bits per heavy atom. The van der Waals surface area contributed by atoms with Crippen LogP contribution in [-0.2, 0) is 13.1 Å². The lowest BCUT2D eigenvalue weighted by atomic mass is 10.2. The van der Waals surface area contributed by atoms with E-state index in [1.807, 2.05) is 48.8 Å². The Balaban J connectivity index is 1.63. The van der Waals surface area contributed by atoms with Gasteiger partial charge in [0.25, 0.3) is 0 Å². The molecule has 0 saturated carbocycles. The summed E-state index contributed by atoms with van der Waals surface area (Å²) in [5.41, 5.74) is 2.08. The van der Waals surface area contributed by atoms with Crippen molar-refractivity contribution in [2.75, 3.05) is 26.6 Å². The van der Waals surface area contributed by atoms with Crippen molar-refractivity contribution < 1.29 is 9.47 Å². The van der Waals surface area contributed by atoms with Crippen LogP contribution in [-0.4, -0.2) is 36.8 Å². The summed E-state index contributed by atoms with van der Waals surface area (Å²) < 4.78 is 12.7. The third kappa shape index (κ3) is 4.82. The van der Waals surface area contributed by atoms with Crippen molar-refractivity contribution in [3.63, 3.8) is 0 Å². The number of hydrogen-bond acceptors (Lipinski definition) is 4. The number of rotatable bonds is 7. The molecule has 0 saturated heterocycles. The number of methoxy groups -OCH3 is 2. The molecule has 0 radical (unpaired) electrons. The number of ether oxygens (including phenoxy) is 2. The van der Waals surface area contributed by atoms with Gasteiger partial charge in [0.2, 0.25) is 0 Å². The van der Waals surface area contributed by atoms with Crippen LogP contribution in [0.3, 0.4) is 0 Å². The van der Waals surface area contributed by atoms with Crippen LogP contribution in [0.5, 0.6) is 11.5 Å². The largest absolute Gasteiger partial charge is 0.493 e. The van der Waals surface area contributed by atoms with Crippen molar-refractivity contribution in [3.05, 3.63) is 72.3 Å². The van der Waals surface area contributed by atoms with E-state index in [4.69, 9.17) is 9.47 Å². The lowest BCUT2D eigenvalue weighted by molar-refractivity contribution is 0.355. The molecule has 0 amide bonds. The SMILES string of the molecule is CN=C(NCc1nccn1Cc1ccccc1)Nc1ccc(OC)c(OC)c1. The summed E-state index contributed by atoms with van der Waals surface area (Å²) in [6.07, 6.45) is 3.79. The molecule has 1 aromatic heterocycles. The third-order valence-electron chi connectivity index (χ3n) is 4.28. The number of anilines is 1. The van der Waals surface area contributed by atoms with Crippen molar-refractivity contribution in [1.29, 1.82) is 0 Å². The van der Waals surface area contributed by atoms with E-state index < -0.39 is 0 Å². The Morgan fingerprint density at radius 2 is 1.86 bits per heavy atom. The maximum atomic E-state index is 5.34. The van der Waals surface area contributed by atoms with Gasteiger partial charge < -0.3 is 24.7 Å². The monoisotopic (exact) mass is 379 g/mol. The minimum atomic E-state index is 0.548. The molecular formula is C21H25N5O2. The van der Waals surface area contributed by atoms with E-state index in [-0.39, 0.29) is 0 Å². The van der Waals surface area contributed by atoms with Crippen molar-refractivity contribution >= 4 is 11.6 Å². The number of aliphatic imine (C=N–C) groups is 1. The molecule has 0 fully saturated rings. The Morgan fingerprint density at radius 3 is 2.57 bits per heavy atom. The molecule has 2 N–H and O–H groups in total. The lowest BCUT2D eigenvalue weighted by Crippen LogP contribution is -2.31. The van der Waals surface area contributed by atoms with E-state index in [1.54, 1.807) is 21.3 Å². The lowest BCUT2D eigenvalue weighted by Gasteiger charge is -2.14. The Hall–Kier alpha value is -3.48. The number of guanidine groups is 1. The van der Waals surface area contributed by atoms with Crippen LogP contribution < -0.4 is 20.1 Å². The Kier molecular flexibility index (Phi) is 6.51. The summed E-state index contributed by atoms with van der Waals surface area (Å²) in [5, 5.41) is 6.55. The Bertz CT molecular complexity index is 922. The fourth-order valence-corrected chi connectivity index (χ4v) is 2.82. The predicted molar refractivity (Wildman–Crippen MR) is 111 cm³/mol. The molecule has 0 aliphatic rings. The van der Waals surface area contributed by atoms with E-state index in [9.17, 15) is 0 Å². The summed E-state index contributed by atoms with van der Waals surface area (Å²) in [6.45, 7) is 1.33. The fourth-order valence-electron chi connectivity index (χ4n) is 2.82. The number of hydrogen-bond donors (Lipinski definition) is 2. The van der Waals surface area contributed by atoms with Gasteiger partial charge in [-0.3, -0.25) is 4.99 Å². The fraction of sp³-hybridized carbons (Fsp3) is 0.238. The molecule has 3 aromatic rings. The summed E-state index contributed by atoms with van der Waals surface area (Å²) in [4.78, 5) is 8.74. The minimum absolute atomic E-state index is 0.548. The summed E-state index contributed by atoms with van der Waals surface area (Å²) in [6, 6.07) is 15.9.